The van der Waals surface area contributed by atoms with Gasteiger partial charge in [0, 0.05) is 5.69 Å². The highest BCUT2D eigenvalue weighted by Crippen LogP contribution is 2.42. The van der Waals surface area contributed by atoms with Crippen molar-refractivity contribution in [3.05, 3.63) is 90.2 Å². The fraction of sp³-hybridized carbons (Fsp3) is 0.0952. The summed E-state index contributed by atoms with van der Waals surface area (Å²) in [5.74, 6) is 1.64. The second kappa shape index (κ2) is 7.22. The molecule has 0 spiro atoms. The van der Waals surface area contributed by atoms with E-state index in [0.717, 1.165) is 17.0 Å². The van der Waals surface area contributed by atoms with Gasteiger partial charge in [-0.25, -0.2) is 4.39 Å². The summed E-state index contributed by atoms with van der Waals surface area (Å²) in [5, 5.41) is -0.149. The number of benzene rings is 3. The van der Waals surface area contributed by atoms with Crippen molar-refractivity contribution in [2.45, 2.75) is 5.37 Å². The highest BCUT2D eigenvalue weighted by Gasteiger charge is 2.34. The van der Waals surface area contributed by atoms with Gasteiger partial charge >= 0.3 is 0 Å². The lowest BCUT2D eigenvalue weighted by molar-refractivity contribution is -0.115. The molecule has 1 heterocycles. The van der Waals surface area contributed by atoms with Crippen molar-refractivity contribution in [3.8, 4) is 11.5 Å². The molecule has 0 bridgehead atoms. The topological polar surface area (TPSA) is 29.5 Å². The molecule has 1 amide bonds. The Morgan fingerprint density at radius 3 is 2.23 bits per heavy atom. The van der Waals surface area contributed by atoms with E-state index in [1.807, 2.05) is 54.6 Å². The van der Waals surface area contributed by atoms with Gasteiger partial charge in [0.05, 0.1) is 5.75 Å². The first kappa shape index (κ1) is 16.7. The number of thioether (sulfide) groups is 1. The molecule has 0 aromatic heterocycles. The summed E-state index contributed by atoms with van der Waals surface area (Å²) in [7, 11) is 0. The number of amides is 1. The molecule has 1 aliphatic heterocycles. The van der Waals surface area contributed by atoms with Crippen molar-refractivity contribution in [1.29, 1.82) is 0 Å². The molecule has 130 valence electrons. The Kier molecular flexibility index (Phi) is 4.63. The zero-order chi connectivity index (χ0) is 17.9. The summed E-state index contributed by atoms with van der Waals surface area (Å²) < 4.78 is 19.0. The van der Waals surface area contributed by atoms with Crippen LogP contribution in [0.2, 0.25) is 0 Å². The van der Waals surface area contributed by atoms with Crippen LogP contribution in [0.5, 0.6) is 11.5 Å². The third-order valence-corrected chi connectivity index (χ3v) is 5.33. The van der Waals surface area contributed by atoms with E-state index in [4.69, 9.17) is 4.74 Å². The average molecular weight is 365 g/mol. The smallest absolute Gasteiger partial charge is 0.238 e. The molecule has 3 nitrogen and oxygen atoms in total. The van der Waals surface area contributed by atoms with Crippen LogP contribution in [0.3, 0.4) is 0 Å². The number of halogens is 1. The standard InChI is InChI=1S/C21H16FNO2S/c22-16-8-6-15(7-9-16)21-23(20(24)14-26-21)17-10-12-19(13-11-17)25-18-4-2-1-3-5-18/h1-13,21H,14H2/t21-/m0/s1. The zero-order valence-corrected chi connectivity index (χ0v) is 14.7. The summed E-state index contributed by atoms with van der Waals surface area (Å²) in [4.78, 5) is 14.2. The van der Waals surface area contributed by atoms with E-state index < -0.39 is 0 Å². The van der Waals surface area contributed by atoms with Crippen LogP contribution in [0.1, 0.15) is 10.9 Å². The van der Waals surface area contributed by atoms with Crippen LogP contribution in [-0.2, 0) is 4.79 Å². The predicted molar refractivity (Wildman–Crippen MR) is 102 cm³/mol. The normalized spacial score (nSPS) is 16.7. The van der Waals surface area contributed by atoms with Crippen molar-refractivity contribution in [2.24, 2.45) is 0 Å². The maximum atomic E-state index is 13.2. The third-order valence-electron chi connectivity index (χ3n) is 4.12. The number of carbonyl (C=O) groups excluding carboxylic acids is 1. The number of para-hydroxylation sites is 1. The Labute approximate surface area is 155 Å². The van der Waals surface area contributed by atoms with Crippen molar-refractivity contribution in [2.75, 3.05) is 10.7 Å². The van der Waals surface area contributed by atoms with E-state index in [-0.39, 0.29) is 17.1 Å². The minimum atomic E-state index is -0.281. The van der Waals surface area contributed by atoms with Gasteiger partial charge in [-0.3, -0.25) is 9.69 Å². The molecule has 0 radical (unpaired) electrons. The summed E-state index contributed by atoms with van der Waals surface area (Å²) in [5.41, 5.74) is 1.71. The lowest BCUT2D eigenvalue weighted by Gasteiger charge is -2.24. The fourth-order valence-electron chi connectivity index (χ4n) is 2.88. The molecule has 5 heteroatoms. The molecule has 0 saturated carbocycles. The molecular formula is C21H16FNO2S. The summed E-state index contributed by atoms with van der Waals surface area (Å²) >= 11 is 1.54. The Morgan fingerprint density at radius 2 is 1.54 bits per heavy atom. The highest BCUT2D eigenvalue weighted by molar-refractivity contribution is 8.00. The lowest BCUT2D eigenvalue weighted by atomic mass is 10.2. The SMILES string of the molecule is O=C1CS[C@@H](c2ccc(F)cc2)N1c1ccc(Oc2ccccc2)cc1. The van der Waals surface area contributed by atoms with Crippen molar-refractivity contribution < 1.29 is 13.9 Å². The largest absolute Gasteiger partial charge is 0.457 e. The number of ether oxygens (including phenoxy) is 1. The molecule has 0 unspecified atom stereocenters. The number of anilines is 1. The molecule has 4 rings (SSSR count). The maximum absolute atomic E-state index is 13.2. The van der Waals surface area contributed by atoms with Gasteiger partial charge < -0.3 is 4.74 Å². The van der Waals surface area contributed by atoms with Crippen LogP contribution in [0, 0.1) is 5.82 Å². The minimum Gasteiger partial charge on any atom is -0.457 e. The fourth-order valence-corrected chi connectivity index (χ4v) is 4.05. The average Bonchev–Trinajstić information content (AvgIpc) is 3.05. The highest BCUT2D eigenvalue weighted by atomic mass is 32.2. The molecule has 1 fully saturated rings. The molecular weight excluding hydrogens is 349 g/mol. The molecule has 3 aromatic rings. The van der Waals surface area contributed by atoms with E-state index in [0.29, 0.717) is 11.5 Å². The number of carbonyl (C=O) groups is 1. The van der Waals surface area contributed by atoms with Gasteiger partial charge in [-0.05, 0) is 54.1 Å². The van der Waals surface area contributed by atoms with Gasteiger partial charge in [-0.1, -0.05) is 30.3 Å². The first-order valence-corrected chi connectivity index (χ1v) is 9.28. The van der Waals surface area contributed by atoms with Gasteiger partial charge in [0.1, 0.15) is 22.7 Å². The van der Waals surface area contributed by atoms with E-state index in [2.05, 4.69) is 0 Å². The van der Waals surface area contributed by atoms with Crippen LogP contribution in [-0.4, -0.2) is 11.7 Å². The van der Waals surface area contributed by atoms with E-state index >= 15 is 0 Å². The van der Waals surface area contributed by atoms with Crippen molar-refractivity contribution in [3.63, 3.8) is 0 Å². The Bertz CT molecular complexity index is 898. The summed E-state index contributed by atoms with van der Waals surface area (Å²) in [6.07, 6.45) is 0. The first-order chi connectivity index (χ1) is 12.7. The van der Waals surface area contributed by atoms with Crippen LogP contribution >= 0.6 is 11.8 Å². The number of rotatable bonds is 4. The lowest BCUT2D eigenvalue weighted by Crippen LogP contribution is -2.27. The number of hydrogen-bond acceptors (Lipinski definition) is 3. The van der Waals surface area contributed by atoms with Gasteiger partial charge in [-0.2, -0.15) is 0 Å². The summed E-state index contributed by atoms with van der Waals surface area (Å²) in [6, 6.07) is 23.3. The molecule has 26 heavy (non-hydrogen) atoms. The van der Waals surface area contributed by atoms with Crippen molar-refractivity contribution >= 4 is 23.4 Å². The van der Waals surface area contributed by atoms with Gasteiger partial charge in [0.2, 0.25) is 5.91 Å². The monoisotopic (exact) mass is 365 g/mol. The predicted octanol–water partition coefficient (Wildman–Crippen LogP) is 5.40. The van der Waals surface area contributed by atoms with Gasteiger partial charge in [0.15, 0.2) is 0 Å². The minimum absolute atomic E-state index is 0.0426. The first-order valence-electron chi connectivity index (χ1n) is 8.23. The van der Waals surface area contributed by atoms with E-state index in [1.165, 1.54) is 12.1 Å². The van der Waals surface area contributed by atoms with E-state index in [1.54, 1.807) is 28.8 Å². The van der Waals surface area contributed by atoms with Crippen LogP contribution in [0.25, 0.3) is 0 Å². The zero-order valence-electron chi connectivity index (χ0n) is 13.8. The molecule has 1 saturated heterocycles. The molecule has 0 aliphatic carbocycles. The number of nitrogens with zero attached hydrogens (tertiary/aromatic N) is 1. The van der Waals surface area contributed by atoms with Gasteiger partial charge in [0.25, 0.3) is 0 Å². The molecule has 1 atom stereocenters. The quantitative estimate of drug-likeness (QED) is 0.620. The van der Waals surface area contributed by atoms with Crippen molar-refractivity contribution in [1.82, 2.24) is 0 Å². The third kappa shape index (κ3) is 3.44. The summed E-state index contributed by atoms with van der Waals surface area (Å²) in [6.45, 7) is 0. The molecule has 3 aromatic carbocycles. The Balaban J connectivity index is 1.56. The van der Waals surface area contributed by atoms with Crippen LogP contribution < -0.4 is 9.64 Å². The molecule has 1 aliphatic rings. The number of hydrogen-bond donors (Lipinski definition) is 0. The molecule has 0 N–H and O–H groups in total. The Morgan fingerprint density at radius 1 is 0.885 bits per heavy atom. The van der Waals surface area contributed by atoms with Crippen LogP contribution in [0.15, 0.2) is 78.9 Å². The van der Waals surface area contributed by atoms with Crippen LogP contribution in [0.4, 0.5) is 10.1 Å². The second-order valence-corrected chi connectivity index (χ2v) is 6.96. The van der Waals surface area contributed by atoms with Gasteiger partial charge in [-0.15, -0.1) is 11.8 Å². The second-order valence-electron chi connectivity index (χ2n) is 5.89. The van der Waals surface area contributed by atoms with E-state index in [9.17, 15) is 9.18 Å². The Hall–Kier alpha value is -2.79. The maximum Gasteiger partial charge on any atom is 0.238 e.